The van der Waals surface area contributed by atoms with E-state index < -0.39 is 0 Å². The first-order valence-corrected chi connectivity index (χ1v) is 6.61. The average Bonchev–Trinajstić information content (AvgIpc) is 2.91. The van der Waals surface area contributed by atoms with Gasteiger partial charge in [-0.3, -0.25) is 4.79 Å². The van der Waals surface area contributed by atoms with Crippen molar-refractivity contribution in [2.75, 3.05) is 6.54 Å². The summed E-state index contributed by atoms with van der Waals surface area (Å²) >= 11 is 0. The van der Waals surface area contributed by atoms with Crippen LogP contribution in [0.25, 0.3) is 0 Å². The minimum absolute atomic E-state index is 0.107. The van der Waals surface area contributed by atoms with Crippen LogP contribution in [0.15, 0.2) is 36.4 Å². The summed E-state index contributed by atoms with van der Waals surface area (Å²) < 4.78 is 0. The van der Waals surface area contributed by atoms with Gasteiger partial charge in [0.25, 0.3) is 0 Å². The lowest BCUT2D eigenvalue weighted by atomic mass is 9.94. The van der Waals surface area contributed by atoms with E-state index >= 15 is 0 Å². The highest BCUT2D eigenvalue weighted by Gasteiger charge is 2.27. The highest BCUT2D eigenvalue weighted by molar-refractivity contribution is 5.84. The molecule has 1 aromatic carbocycles. The van der Waals surface area contributed by atoms with Crippen molar-refractivity contribution < 1.29 is 4.79 Å². The van der Waals surface area contributed by atoms with Crippen LogP contribution < -0.4 is 10.6 Å². The predicted molar refractivity (Wildman–Crippen MR) is 71.2 cm³/mol. The van der Waals surface area contributed by atoms with Crippen molar-refractivity contribution in [3.05, 3.63) is 47.5 Å². The summed E-state index contributed by atoms with van der Waals surface area (Å²) in [5.74, 6) is 0.107. The van der Waals surface area contributed by atoms with E-state index in [1.165, 1.54) is 5.56 Å². The Morgan fingerprint density at radius 2 is 2.00 bits per heavy atom. The summed E-state index contributed by atoms with van der Waals surface area (Å²) in [7, 11) is 0. The Morgan fingerprint density at radius 3 is 2.83 bits per heavy atom. The van der Waals surface area contributed by atoms with Crippen molar-refractivity contribution in [3.8, 4) is 0 Å². The maximum absolute atomic E-state index is 12.3. The number of rotatable bonds is 2. The van der Waals surface area contributed by atoms with E-state index in [0.717, 1.165) is 31.4 Å². The molecule has 0 bridgehead atoms. The zero-order valence-electron chi connectivity index (χ0n) is 10.4. The molecule has 3 nitrogen and oxygen atoms in total. The van der Waals surface area contributed by atoms with E-state index in [-0.39, 0.29) is 18.0 Å². The molecule has 1 amide bonds. The molecule has 94 valence electrons. The number of fused-ring (bicyclic) bond motifs is 1. The minimum Gasteiger partial charge on any atom is -0.351 e. The van der Waals surface area contributed by atoms with Gasteiger partial charge in [-0.05, 0) is 30.4 Å². The molecule has 1 heterocycles. The van der Waals surface area contributed by atoms with E-state index in [0.29, 0.717) is 0 Å². The first-order valence-electron chi connectivity index (χ1n) is 6.61. The Hall–Kier alpha value is -1.61. The molecule has 3 heteroatoms. The third-order valence-electron chi connectivity index (χ3n) is 3.73. The molecule has 1 aliphatic carbocycles. The normalized spacial score (nSPS) is 22.8. The van der Waals surface area contributed by atoms with Crippen LogP contribution in [-0.2, 0) is 11.2 Å². The summed E-state index contributed by atoms with van der Waals surface area (Å²) in [5.41, 5.74) is 2.42. The van der Waals surface area contributed by atoms with Crippen LogP contribution in [0.2, 0.25) is 0 Å². The second-order valence-electron chi connectivity index (χ2n) is 4.98. The van der Waals surface area contributed by atoms with Crippen LogP contribution in [0.1, 0.15) is 30.0 Å². The molecular weight excluding hydrogens is 224 g/mol. The molecule has 0 saturated carbocycles. The van der Waals surface area contributed by atoms with Crippen molar-refractivity contribution in [2.24, 2.45) is 0 Å². The lowest BCUT2D eigenvalue weighted by Gasteiger charge is -2.27. The van der Waals surface area contributed by atoms with Crippen LogP contribution in [0.3, 0.4) is 0 Å². The predicted octanol–water partition coefficient (Wildman–Crippen LogP) is 1.71. The van der Waals surface area contributed by atoms with Gasteiger partial charge in [-0.1, -0.05) is 36.4 Å². The van der Waals surface area contributed by atoms with Crippen molar-refractivity contribution in [1.29, 1.82) is 0 Å². The Morgan fingerprint density at radius 1 is 1.22 bits per heavy atom. The molecule has 3 rings (SSSR count). The van der Waals surface area contributed by atoms with Gasteiger partial charge in [0, 0.05) is 12.6 Å². The van der Waals surface area contributed by atoms with E-state index in [1.54, 1.807) is 0 Å². The smallest absolute Gasteiger partial charge is 0.241 e. The second kappa shape index (κ2) is 4.94. The fraction of sp³-hybridized carbons (Fsp3) is 0.400. The van der Waals surface area contributed by atoms with Gasteiger partial charge in [-0.25, -0.2) is 0 Å². The third-order valence-corrected chi connectivity index (χ3v) is 3.73. The minimum atomic E-state index is -0.185. The molecular formula is C15H18N2O. The molecule has 1 atom stereocenters. The molecule has 0 radical (unpaired) electrons. The molecule has 1 unspecified atom stereocenters. The van der Waals surface area contributed by atoms with Crippen LogP contribution >= 0.6 is 0 Å². The molecule has 0 spiro atoms. The number of hydrogen-bond donors (Lipinski definition) is 2. The van der Waals surface area contributed by atoms with E-state index in [2.05, 4.69) is 34.9 Å². The van der Waals surface area contributed by atoms with Crippen molar-refractivity contribution in [2.45, 2.75) is 31.3 Å². The molecule has 1 aliphatic heterocycles. The van der Waals surface area contributed by atoms with Crippen LogP contribution in [0.4, 0.5) is 0 Å². The van der Waals surface area contributed by atoms with Crippen LogP contribution in [0, 0.1) is 0 Å². The molecule has 0 aromatic heterocycles. The van der Waals surface area contributed by atoms with Gasteiger partial charge in [0.1, 0.15) is 6.04 Å². The SMILES string of the molecule is O=C(NC1CC=CC1)C1NCCc2ccccc21. The number of benzene rings is 1. The van der Waals surface area contributed by atoms with Gasteiger partial charge in [0.05, 0.1) is 0 Å². The fourth-order valence-electron chi connectivity index (χ4n) is 2.76. The van der Waals surface area contributed by atoms with Gasteiger partial charge in [0.2, 0.25) is 5.91 Å². The number of hydrogen-bond acceptors (Lipinski definition) is 2. The van der Waals surface area contributed by atoms with Gasteiger partial charge >= 0.3 is 0 Å². The van der Waals surface area contributed by atoms with Gasteiger partial charge in [-0.2, -0.15) is 0 Å². The largest absolute Gasteiger partial charge is 0.351 e. The molecule has 1 aromatic rings. The topological polar surface area (TPSA) is 41.1 Å². The maximum atomic E-state index is 12.3. The highest BCUT2D eigenvalue weighted by atomic mass is 16.2. The number of carbonyl (C=O) groups is 1. The number of carbonyl (C=O) groups excluding carboxylic acids is 1. The Kier molecular flexibility index (Phi) is 3.15. The highest BCUT2D eigenvalue weighted by Crippen LogP contribution is 2.23. The quantitative estimate of drug-likeness (QED) is 0.775. The fourth-order valence-corrected chi connectivity index (χ4v) is 2.76. The van der Waals surface area contributed by atoms with E-state index in [9.17, 15) is 4.79 Å². The first kappa shape index (κ1) is 11.5. The van der Waals surface area contributed by atoms with Gasteiger partial charge < -0.3 is 10.6 Å². The Balaban J connectivity index is 1.74. The van der Waals surface area contributed by atoms with Crippen LogP contribution in [0.5, 0.6) is 0 Å². The summed E-state index contributed by atoms with van der Waals surface area (Å²) in [4.78, 5) is 12.3. The summed E-state index contributed by atoms with van der Waals surface area (Å²) in [6.07, 6.45) is 7.19. The summed E-state index contributed by atoms with van der Waals surface area (Å²) in [6.45, 7) is 0.873. The lowest BCUT2D eigenvalue weighted by molar-refractivity contribution is -0.124. The average molecular weight is 242 g/mol. The van der Waals surface area contributed by atoms with E-state index in [1.807, 2.05) is 12.1 Å². The van der Waals surface area contributed by atoms with Gasteiger partial charge in [0.15, 0.2) is 0 Å². The Bertz CT molecular complexity index is 473. The second-order valence-corrected chi connectivity index (χ2v) is 4.98. The molecule has 2 N–H and O–H groups in total. The summed E-state index contributed by atoms with van der Waals surface area (Å²) in [6, 6.07) is 8.32. The van der Waals surface area contributed by atoms with Crippen molar-refractivity contribution >= 4 is 5.91 Å². The number of nitrogens with one attached hydrogen (secondary N) is 2. The molecule has 0 saturated heterocycles. The van der Waals surface area contributed by atoms with Crippen LogP contribution in [-0.4, -0.2) is 18.5 Å². The third kappa shape index (κ3) is 2.18. The Labute approximate surface area is 107 Å². The summed E-state index contributed by atoms with van der Waals surface area (Å²) in [5, 5.41) is 6.44. The zero-order valence-corrected chi connectivity index (χ0v) is 10.4. The molecule has 2 aliphatic rings. The maximum Gasteiger partial charge on any atom is 0.241 e. The van der Waals surface area contributed by atoms with E-state index in [4.69, 9.17) is 0 Å². The first-order chi connectivity index (χ1) is 8.84. The van der Waals surface area contributed by atoms with Crippen molar-refractivity contribution in [3.63, 3.8) is 0 Å². The monoisotopic (exact) mass is 242 g/mol. The molecule has 18 heavy (non-hydrogen) atoms. The van der Waals surface area contributed by atoms with Gasteiger partial charge in [-0.15, -0.1) is 0 Å². The zero-order chi connectivity index (χ0) is 12.4. The lowest BCUT2D eigenvalue weighted by Crippen LogP contribution is -2.44. The standard InChI is InChI=1S/C15H18N2O/c18-15(17-12-6-2-3-7-12)14-13-8-4-1-5-11(13)9-10-16-14/h1-5,8,12,14,16H,6-7,9-10H2,(H,17,18). The number of amides is 1. The molecule has 0 fully saturated rings. The van der Waals surface area contributed by atoms with Crippen molar-refractivity contribution in [1.82, 2.24) is 10.6 Å².